The van der Waals surface area contributed by atoms with Crippen molar-refractivity contribution < 1.29 is 0 Å². The van der Waals surface area contributed by atoms with Crippen molar-refractivity contribution in [3.8, 4) is 11.1 Å². The number of allylic oxidation sites excluding steroid dienone is 5. The minimum absolute atomic E-state index is 0.251. The Morgan fingerprint density at radius 3 is 1.76 bits per heavy atom. The molecule has 33 heavy (non-hydrogen) atoms. The molecule has 152 valence electrons. The van der Waals surface area contributed by atoms with Gasteiger partial charge in [-0.2, -0.15) is 0 Å². The van der Waals surface area contributed by atoms with Crippen LogP contribution in [-0.4, -0.2) is 0 Å². The largest absolute Gasteiger partial charge is 0.0653 e. The molecule has 0 N–H and O–H groups in total. The zero-order valence-electron chi connectivity index (χ0n) is 18.0. The lowest BCUT2D eigenvalue weighted by Gasteiger charge is -2.34. The summed E-state index contributed by atoms with van der Waals surface area (Å²) < 4.78 is 0. The van der Waals surface area contributed by atoms with E-state index in [4.69, 9.17) is 0 Å². The third-order valence-corrected chi connectivity index (χ3v) is 7.85. The molecule has 8 rings (SSSR count). The number of benzene rings is 5. The first kappa shape index (κ1) is 17.4. The molecule has 0 radical (unpaired) electrons. The quantitative estimate of drug-likeness (QED) is 0.223. The minimum Gasteiger partial charge on any atom is -0.0651 e. The summed E-state index contributed by atoms with van der Waals surface area (Å²) >= 11 is 0. The molecule has 0 nitrogen and oxygen atoms in total. The SMILES string of the molecule is C1=CC2(C3=Cc4c(c5ccccc5c5ccccc45)C3=C1)c1ccccc1-c1ccccc12. The van der Waals surface area contributed by atoms with E-state index in [1.54, 1.807) is 0 Å². The topological polar surface area (TPSA) is 0 Å². The van der Waals surface area contributed by atoms with E-state index in [2.05, 4.69) is 121 Å². The third-order valence-electron chi connectivity index (χ3n) is 7.85. The Hall–Kier alpha value is -4.16. The molecule has 0 saturated heterocycles. The average molecular weight is 417 g/mol. The summed E-state index contributed by atoms with van der Waals surface area (Å²) in [5, 5.41) is 5.34. The van der Waals surface area contributed by atoms with Crippen LogP contribution in [0.2, 0.25) is 0 Å². The molecule has 0 saturated carbocycles. The summed E-state index contributed by atoms with van der Waals surface area (Å²) in [6, 6.07) is 35.7. The molecule has 5 aromatic rings. The predicted octanol–water partition coefficient (Wildman–Crippen LogP) is 8.31. The molecule has 0 atom stereocenters. The molecular formula is C33H20. The summed E-state index contributed by atoms with van der Waals surface area (Å²) in [6.07, 6.45) is 9.51. The fourth-order valence-electron chi connectivity index (χ4n) is 6.58. The molecular weight excluding hydrogens is 396 g/mol. The van der Waals surface area contributed by atoms with Crippen molar-refractivity contribution >= 4 is 33.2 Å². The van der Waals surface area contributed by atoms with Crippen LogP contribution in [0.3, 0.4) is 0 Å². The van der Waals surface area contributed by atoms with Crippen molar-refractivity contribution in [2.24, 2.45) is 0 Å². The highest BCUT2D eigenvalue weighted by molar-refractivity contribution is 6.21. The average Bonchev–Trinajstić information content (AvgIpc) is 3.41. The van der Waals surface area contributed by atoms with Crippen molar-refractivity contribution in [3.63, 3.8) is 0 Å². The van der Waals surface area contributed by atoms with Gasteiger partial charge in [0, 0.05) is 0 Å². The molecule has 5 aromatic carbocycles. The smallest absolute Gasteiger partial charge is 0.0651 e. The Morgan fingerprint density at radius 2 is 1.06 bits per heavy atom. The molecule has 3 aliphatic rings. The monoisotopic (exact) mass is 416 g/mol. The van der Waals surface area contributed by atoms with Gasteiger partial charge in [0.25, 0.3) is 0 Å². The first-order chi connectivity index (χ1) is 16.4. The standard InChI is InChI=1S/C33H20/c1-2-12-23-21(10-1)22-11-3-4-15-26(22)32-27-16-9-19-33(31(27)20-28(23)32)29-17-7-5-13-24(29)25-14-6-8-18-30(25)33/h1-20H. The van der Waals surface area contributed by atoms with Gasteiger partial charge in [0.2, 0.25) is 0 Å². The Morgan fingerprint density at radius 1 is 0.515 bits per heavy atom. The van der Waals surface area contributed by atoms with E-state index in [1.165, 1.54) is 66.1 Å². The van der Waals surface area contributed by atoms with Crippen LogP contribution in [0, 0.1) is 0 Å². The molecule has 3 aliphatic carbocycles. The van der Waals surface area contributed by atoms with Crippen LogP contribution < -0.4 is 0 Å². The first-order valence-electron chi connectivity index (χ1n) is 11.6. The summed E-state index contributed by atoms with van der Waals surface area (Å²) in [7, 11) is 0. The molecule has 0 heterocycles. The van der Waals surface area contributed by atoms with E-state index in [0.717, 1.165) is 0 Å². The minimum atomic E-state index is -0.251. The first-order valence-corrected chi connectivity index (χ1v) is 11.6. The van der Waals surface area contributed by atoms with Crippen LogP contribution in [-0.2, 0) is 5.41 Å². The zero-order valence-corrected chi connectivity index (χ0v) is 18.0. The third kappa shape index (κ3) is 1.98. The molecule has 0 aliphatic heterocycles. The highest BCUT2D eigenvalue weighted by Crippen LogP contribution is 2.60. The Bertz CT molecular complexity index is 1710. The summed E-state index contributed by atoms with van der Waals surface area (Å²) in [6.45, 7) is 0. The normalized spacial score (nSPS) is 16.4. The van der Waals surface area contributed by atoms with Gasteiger partial charge < -0.3 is 0 Å². The lowest BCUT2D eigenvalue weighted by Crippen LogP contribution is -2.26. The maximum atomic E-state index is 2.48. The molecule has 0 bridgehead atoms. The second-order valence-corrected chi connectivity index (χ2v) is 9.28. The molecule has 1 spiro atoms. The molecule has 0 aromatic heterocycles. The van der Waals surface area contributed by atoms with Crippen LogP contribution in [0.15, 0.2) is 121 Å². The van der Waals surface area contributed by atoms with Crippen LogP contribution in [0.4, 0.5) is 0 Å². The number of hydrogen-bond donors (Lipinski definition) is 0. The zero-order chi connectivity index (χ0) is 21.6. The van der Waals surface area contributed by atoms with Gasteiger partial charge in [0.05, 0.1) is 5.41 Å². The van der Waals surface area contributed by atoms with E-state index >= 15 is 0 Å². The van der Waals surface area contributed by atoms with Crippen molar-refractivity contribution in [1.29, 1.82) is 0 Å². The maximum absolute atomic E-state index is 2.48. The molecule has 0 fully saturated rings. The van der Waals surface area contributed by atoms with Crippen LogP contribution >= 0.6 is 0 Å². The number of hydrogen-bond acceptors (Lipinski definition) is 0. The highest BCUT2D eigenvalue weighted by atomic mass is 14.5. The van der Waals surface area contributed by atoms with Gasteiger partial charge in [-0.1, -0.05) is 115 Å². The van der Waals surface area contributed by atoms with Gasteiger partial charge in [-0.25, -0.2) is 0 Å². The van der Waals surface area contributed by atoms with Crippen molar-refractivity contribution in [1.82, 2.24) is 0 Å². The van der Waals surface area contributed by atoms with E-state index in [0.29, 0.717) is 0 Å². The maximum Gasteiger partial charge on any atom is 0.0653 e. The Labute approximate surface area is 192 Å². The lowest BCUT2D eigenvalue weighted by atomic mass is 9.68. The Kier molecular flexibility index (Phi) is 3.16. The van der Waals surface area contributed by atoms with Crippen LogP contribution in [0.25, 0.3) is 44.3 Å². The van der Waals surface area contributed by atoms with Gasteiger partial charge in [0.15, 0.2) is 0 Å². The van der Waals surface area contributed by atoms with Gasteiger partial charge in [-0.05, 0) is 72.1 Å². The van der Waals surface area contributed by atoms with Crippen molar-refractivity contribution in [3.05, 3.63) is 143 Å². The summed E-state index contributed by atoms with van der Waals surface area (Å²) in [5.41, 5.74) is 10.7. The van der Waals surface area contributed by atoms with E-state index in [9.17, 15) is 0 Å². The van der Waals surface area contributed by atoms with Crippen molar-refractivity contribution in [2.45, 2.75) is 5.41 Å². The fourth-order valence-corrected chi connectivity index (χ4v) is 6.58. The summed E-state index contributed by atoms with van der Waals surface area (Å²) in [4.78, 5) is 0. The van der Waals surface area contributed by atoms with Gasteiger partial charge >= 0.3 is 0 Å². The molecule has 0 heteroatoms. The lowest BCUT2D eigenvalue weighted by molar-refractivity contribution is 0.812. The second kappa shape index (κ2) is 5.99. The van der Waals surface area contributed by atoms with E-state index < -0.39 is 0 Å². The number of rotatable bonds is 0. The second-order valence-electron chi connectivity index (χ2n) is 9.28. The number of fused-ring (bicyclic) bond motifs is 14. The highest BCUT2D eigenvalue weighted by Gasteiger charge is 2.47. The van der Waals surface area contributed by atoms with Crippen LogP contribution in [0.5, 0.6) is 0 Å². The van der Waals surface area contributed by atoms with Gasteiger partial charge in [0.1, 0.15) is 0 Å². The predicted molar refractivity (Wildman–Crippen MR) is 139 cm³/mol. The van der Waals surface area contributed by atoms with E-state index in [-0.39, 0.29) is 5.41 Å². The van der Waals surface area contributed by atoms with Crippen molar-refractivity contribution in [2.75, 3.05) is 0 Å². The van der Waals surface area contributed by atoms with Crippen LogP contribution in [0.1, 0.15) is 22.3 Å². The summed E-state index contributed by atoms with van der Waals surface area (Å²) in [5.74, 6) is 0. The van der Waals surface area contributed by atoms with E-state index in [1.807, 2.05) is 0 Å². The molecule has 0 amide bonds. The van der Waals surface area contributed by atoms with Gasteiger partial charge in [-0.3, -0.25) is 0 Å². The Balaban J connectivity index is 1.53. The van der Waals surface area contributed by atoms with Gasteiger partial charge in [-0.15, -0.1) is 0 Å². The molecule has 0 unspecified atom stereocenters. The fraction of sp³-hybridized carbons (Fsp3) is 0.0303.